The van der Waals surface area contributed by atoms with Crippen LogP contribution < -0.4 is 10.1 Å². The number of aromatic nitrogens is 1. The molecular formula is C27H25ClN2O5. The molecule has 0 aliphatic carbocycles. The molecule has 0 saturated heterocycles. The molecule has 0 aliphatic heterocycles. The van der Waals surface area contributed by atoms with Gasteiger partial charge in [0.15, 0.2) is 6.61 Å². The number of esters is 1. The van der Waals surface area contributed by atoms with Gasteiger partial charge in [-0.25, -0.2) is 4.79 Å². The molecule has 0 saturated carbocycles. The highest BCUT2D eigenvalue weighted by Gasteiger charge is 2.19. The van der Waals surface area contributed by atoms with Gasteiger partial charge in [-0.2, -0.15) is 0 Å². The van der Waals surface area contributed by atoms with E-state index in [1.807, 2.05) is 43.3 Å². The third kappa shape index (κ3) is 6.19. The molecule has 35 heavy (non-hydrogen) atoms. The molecule has 3 aromatic carbocycles. The number of rotatable bonds is 9. The molecule has 1 heterocycles. The molecule has 0 atom stereocenters. The maximum Gasteiger partial charge on any atom is 0.342 e. The second-order valence-electron chi connectivity index (χ2n) is 8.09. The van der Waals surface area contributed by atoms with Gasteiger partial charge in [-0.3, -0.25) is 4.79 Å². The van der Waals surface area contributed by atoms with Gasteiger partial charge >= 0.3 is 5.97 Å². The number of ether oxygens (including phenoxy) is 2. The molecule has 1 amide bonds. The fourth-order valence-electron chi connectivity index (χ4n) is 3.61. The monoisotopic (exact) mass is 492 g/mol. The average molecular weight is 493 g/mol. The predicted molar refractivity (Wildman–Crippen MR) is 133 cm³/mol. The van der Waals surface area contributed by atoms with Crippen molar-refractivity contribution in [2.45, 2.75) is 26.9 Å². The first-order valence-electron chi connectivity index (χ1n) is 11.2. The Balaban J connectivity index is 1.40. The van der Waals surface area contributed by atoms with Gasteiger partial charge in [0, 0.05) is 11.6 Å². The van der Waals surface area contributed by atoms with Crippen LogP contribution in [0.5, 0.6) is 5.75 Å². The minimum Gasteiger partial charge on any atom is -0.488 e. The molecule has 1 aromatic heterocycles. The van der Waals surface area contributed by atoms with Crippen LogP contribution in [0.4, 0.5) is 0 Å². The number of hydrogen-bond donors (Lipinski definition) is 1. The molecule has 180 valence electrons. The number of halogens is 1. The summed E-state index contributed by atoms with van der Waals surface area (Å²) in [6.45, 7) is 3.84. The van der Waals surface area contributed by atoms with Crippen LogP contribution in [0.1, 0.15) is 32.9 Å². The van der Waals surface area contributed by atoms with Crippen LogP contribution in [0.3, 0.4) is 0 Å². The highest BCUT2D eigenvalue weighted by molar-refractivity contribution is 6.30. The van der Waals surface area contributed by atoms with E-state index in [0.717, 1.165) is 27.6 Å². The van der Waals surface area contributed by atoms with Gasteiger partial charge in [-0.15, -0.1) is 0 Å². The molecule has 1 N–H and O–H groups in total. The summed E-state index contributed by atoms with van der Waals surface area (Å²) in [5.41, 5.74) is 2.83. The van der Waals surface area contributed by atoms with E-state index in [1.54, 1.807) is 31.2 Å². The second kappa shape index (κ2) is 11.1. The van der Waals surface area contributed by atoms with E-state index in [-0.39, 0.29) is 18.1 Å². The summed E-state index contributed by atoms with van der Waals surface area (Å²) in [6, 6.07) is 18.5. The third-order valence-corrected chi connectivity index (χ3v) is 5.86. The summed E-state index contributed by atoms with van der Waals surface area (Å²) in [4.78, 5) is 25.1. The average Bonchev–Trinajstić information content (AvgIpc) is 3.18. The first-order valence-corrected chi connectivity index (χ1v) is 11.5. The van der Waals surface area contributed by atoms with Crippen LogP contribution in [0.15, 0.2) is 65.2 Å². The molecule has 4 aromatic rings. The fraction of sp³-hybridized carbons (Fsp3) is 0.222. The quantitative estimate of drug-likeness (QED) is 0.323. The van der Waals surface area contributed by atoms with Gasteiger partial charge < -0.3 is 19.3 Å². The number of amides is 1. The first kappa shape index (κ1) is 24.3. The maximum absolute atomic E-state index is 12.9. The van der Waals surface area contributed by atoms with Crippen molar-refractivity contribution in [2.75, 3.05) is 13.2 Å². The Labute approximate surface area is 208 Å². The zero-order valence-electron chi connectivity index (χ0n) is 19.5. The summed E-state index contributed by atoms with van der Waals surface area (Å²) in [5.74, 6) is -0.0109. The van der Waals surface area contributed by atoms with Crippen molar-refractivity contribution in [2.24, 2.45) is 0 Å². The molecule has 0 spiro atoms. The van der Waals surface area contributed by atoms with E-state index >= 15 is 0 Å². The lowest BCUT2D eigenvalue weighted by Crippen LogP contribution is -2.30. The molecule has 0 bridgehead atoms. The minimum atomic E-state index is -0.641. The summed E-state index contributed by atoms with van der Waals surface area (Å²) < 4.78 is 16.5. The van der Waals surface area contributed by atoms with Crippen molar-refractivity contribution in [3.63, 3.8) is 0 Å². The highest BCUT2D eigenvalue weighted by atomic mass is 35.5. The van der Waals surface area contributed by atoms with Crippen LogP contribution >= 0.6 is 11.6 Å². The lowest BCUT2D eigenvalue weighted by molar-refractivity contribution is -0.124. The molecule has 4 rings (SSSR count). The van der Waals surface area contributed by atoms with Gasteiger partial charge in [0.2, 0.25) is 0 Å². The van der Waals surface area contributed by atoms with E-state index in [2.05, 4.69) is 10.5 Å². The molecule has 8 heteroatoms. The summed E-state index contributed by atoms with van der Waals surface area (Å²) >= 11 is 5.89. The Hall–Kier alpha value is -3.84. The second-order valence-corrected chi connectivity index (χ2v) is 8.53. The SMILES string of the molecule is Cc1noc(C)c1COc1cc2ccccc2cc1C(=O)OCC(=O)NCCc1ccc(Cl)cc1. The Morgan fingerprint density at radius 2 is 1.74 bits per heavy atom. The van der Waals surface area contributed by atoms with E-state index < -0.39 is 12.6 Å². The van der Waals surface area contributed by atoms with Gasteiger partial charge in [0.05, 0.1) is 11.3 Å². The highest BCUT2D eigenvalue weighted by Crippen LogP contribution is 2.28. The first-order chi connectivity index (χ1) is 16.9. The number of nitrogens with zero attached hydrogens (tertiary/aromatic N) is 1. The maximum atomic E-state index is 12.9. The standard InChI is InChI=1S/C27H25ClN2O5/c1-17-24(18(2)35-30-17)15-33-25-14-21-6-4-3-5-20(21)13-23(25)27(32)34-16-26(31)29-12-11-19-7-9-22(28)10-8-19/h3-10,13-14H,11-12,15-16H2,1-2H3,(H,29,31). The Bertz CT molecular complexity index is 1330. The molecule has 0 radical (unpaired) electrons. The van der Waals surface area contributed by atoms with E-state index in [1.165, 1.54) is 0 Å². The molecule has 0 fully saturated rings. The topological polar surface area (TPSA) is 90.7 Å². The summed E-state index contributed by atoms with van der Waals surface area (Å²) in [7, 11) is 0. The van der Waals surface area contributed by atoms with Gasteiger partial charge in [-0.05, 0) is 60.9 Å². The van der Waals surface area contributed by atoms with Gasteiger partial charge in [-0.1, -0.05) is 53.2 Å². The summed E-state index contributed by atoms with van der Waals surface area (Å²) in [5, 5.41) is 9.12. The Morgan fingerprint density at radius 3 is 2.43 bits per heavy atom. The Morgan fingerprint density at radius 1 is 1.03 bits per heavy atom. The normalized spacial score (nSPS) is 10.8. The molecule has 7 nitrogen and oxygen atoms in total. The number of carbonyl (C=O) groups excluding carboxylic acids is 2. The van der Waals surface area contributed by atoms with Crippen LogP contribution in [-0.4, -0.2) is 30.2 Å². The van der Waals surface area contributed by atoms with Crippen molar-refractivity contribution in [3.8, 4) is 5.75 Å². The third-order valence-electron chi connectivity index (χ3n) is 5.60. The van der Waals surface area contributed by atoms with Gasteiger partial charge in [0.25, 0.3) is 5.91 Å². The number of hydrogen-bond acceptors (Lipinski definition) is 6. The molecule has 0 unspecified atom stereocenters. The minimum absolute atomic E-state index is 0.185. The van der Waals surface area contributed by atoms with Crippen molar-refractivity contribution < 1.29 is 23.6 Å². The number of carbonyl (C=O) groups is 2. The zero-order chi connectivity index (χ0) is 24.8. The lowest BCUT2D eigenvalue weighted by atomic mass is 10.1. The number of fused-ring (bicyclic) bond motifs is 1. The molecular weight excluding hydrogens is 468 g/mol. The zero-order valence-corrected chi connectivity index (χ0v) is 20.2. The fourth-order valence-corrected chi connectivity index (χ4v) is 3.74. The van der Waals surface area contributed by atoms with Crippen molar-refractivity contribution in [3.05, 3.63) is 93.8 Å². The van der Waals surface area contributed by atoms with Crippen molar-refractivity contribution in [1.29, 1.82) is 0 Å². The van der Waals surface area contributed by atoms with Crippen molar-refractivity contribution >= 4 is 34.2 Å². The van der Waals surface area contributed by atoms with E-state index in [0.29, 0.717) is 29.5 Å². The lowest BCUT2D eigenvalue weighted by Gasteiger charge is -2.13. The van der Waals surface area contributed by atoms with Crippen LogP contribution in [0, 0.1) is 13.8 Å². The van der Waals surface area contributed by atoms with Crippen LogP contribution in [0.2, 0.25) is 5.02 Å². The van der Waals surface area contributed by atoms with Crippen molar-refractivity contribution in [1.82, 2.24) is 10.5 Å². The van der Waals surface area contributed by atoms with E-state index in [4.69, 9.17) is 25.6 Å². The Kier molecular flexibility index (Phi) is 7.67. The van der Waals surface area contributed by atoms with E-state index in [9.17, 15) is 9.59 Å². The summed E-state index contributed by atoms with van der Waals surface area (Å²) in [6.07, 6.45) is 0.640. The van der Waals surface area contributed by atoms with Gasteiger partial charge in [0.1, 0.15) is 23.7 Å². The molecule has 0 aliphatic rings. The van der Waals surface area contributed by atoms with Crippen LogP contribution in [-0.2, 0) is 22.6 Å². The van der Waals surface area contributed by atoms with Crippen LogP contribution in [0.25, 0.3) is 10.8 Å². The predicted octanol–water partition coefficient (Wildman–Crippen LogP) is 5.19. The number of aryl methyl sites for hydroxylation is 2. The number of nitrogens with one attached hydrogen (secondary N) is 1. The number of benzene rings is 3. The largest absolute Gasteiger partial charge is 0.488 e. The smallest absolute Gasteiger partial charge is 0.342 e.